The van der Waals surface area contributed by atoms with E-state index in [2.05, 4.69) is 27.7 Å². The highest BCUT2D eigenvalue weighted by atomic mass is 16.6. The molecular weight excluding hydrogens is 985 g/mol. The maximum absolute atomic E-state index is 13.2. The SMILES string of the molecule is CCCCCCCCCCCCCC(=O)OCC(COC(=O)CCCCCCCCCCCCC)(COC(=O)CCCCCCCCCCCCC)COC(=O)CCCCCCCCCCCCC.OCC(CO)(CO)CO. The summed E-state index contributed by atoms with van der Waals surface area (Å²) in [7, 11) is 0. The lowest BCUT2D eigenvalue weighted by Crippen LogP contribution is -2.44. The molecule has 0 heterocycles. The van der Waals surface area contributed by atoms with Crippen molar-refractivity contribution in [1.82, 2.24) is 0 Å². The van der Waals surface area contributed by atoms with Gasteiger partial charge in [-0.15, -0.1) is 0 Å². The molecule has 0 aliphatic carbocycles. The first-order valence-corrected chi connectivity index (χ1v) is 33.1. The van der Waals surface area contributed by atoms with E-state index in [1.165, 1.54) is 205 Å². The van der Waals surface area contributed by atoms with Crippen molar-refractivity contribution in [3.8, 4) is 0 Å². The Bertz CT molecular complexity index is 1100. The predicted octanol–water partition coefficient (Wildman–Crippen LogP) is 16.9. The molecule has 0 aliphatic rings. The van der Waals surface area contributed by atoms with Gasteiger partial charge in [-0.05, 0) is 25.7 Å². The van der Waals surface area contributed by atoms with E-state index in [0.717, 1.165) is 77.0 Å². The molecule has 0 bridgehead atoms. The van der Waals surface area contributed by atoms with Crippen LogP contribution < -0.4 is 0 Å². The van der Waals surface area contributed by atoms with Crippen LogP contribution in [0.5, 0.6) is 0 Å². The molecule has 0 aromatic carbocycles. The molecule has 0 aliphatic heterocycles. The zero-order valence-corrected chi connectivity index (χ0v) is 51.7. The minimum Gasteiger partial charge on any atom is -0.465 e. The number of aliphatic hydroxyl groups excluding tert-OH is 4. The predicted molar refractivity (Wildman–Crippen MR) is 321 cm³/mol. The fourth-order valence-electron chi connectivity index (χ4n) is 9.51. The average molecular weight is 1110 g/mol. The van der Waals surface area contributed by atoms with Crippen LogP contribution in [0.3, 0.4) is 0 Å². The first-order chi connectivity index (χ1) is 38.1. The normalized spacial score (nSPS) is 11.6. The summed E-state index contributed by atoms with van der Waals surface area (Å²) in [6.07, 6.45) is 53.7. The average Bonchev–Trinajstić information content (AvgIpc) is 3.45. The van der Waals surface area contributed by atoms with Gasteiger partial charge in [-0.3, -0.25) is 19.2 Å². The maximum atomic E-state index is 13.2. The number of unbranched alkanes of at least 4 members (excludes halogenated alkanes) is 40. The summed E-state index contributed by atoms with van der Waals surface area (Å²) >= 11 is 0. The van der Waals surface area contributed by atoms with Crippen LogP contribution in [0.15, 0.2) is 0 Å². The van der Waals surface area contributed by atoms with E-state index in [0.29, 0.717) is 25.7 Å². The zero-order valence-electron chi connectivity index (χ0n) is 51.7. The van der Waals surface area contributed by atoms with E-state index in [4.69, 9.17) is 39.4 Å². The maximum Gasteiger partial charge on any atom is 0.305 e. The summed E-state index contributed by atoms with van der Waals surface area (Å²) in [5.41, 5.74) is -2.31. The summed E-state index contributed by atoms with van der Waals surface area (Å²) in [5, 5.41) is 34.0. The highest BCUT2D eigenvalue weighted by molar-refractivity contribution is 5.71. The molecular formula is C66H128O12. The fourth-order valence-corrected chi connectivity index (χ4v) is 9.51. The van der Waals surface area contributed by atoms with Crippen LogP contribution in [0.2, 0.25) is 0 Å². The van der Waals surface area contributed by atoms with Crippen molar-refractivity contribution < 1.29 is 58.6 Å². The third kappa shape index (κ3) is 53.1. The molecule has 464 valence electrons. The molecule has 0 radical (unpaired) electrons. The monoisotopic (exact) mass is 1110 g/mol. The summed E-state index contributed by atoms with van der Waals surface area (Å²) in [5.74, 6) is -1.33. The molecule has 0 atom stereocenters. The van der Waals surface area contributed by atoms with E-state index < -0.39 is 37.3 Å². The highest BCUT2D eigenvalue weighted by Crippen LogP contribution is 2.25. The molecule has 12 heteroatoms. The highest BCUT2D eigenvalue weighted by Gasteiger charge is 2.38. The standard InChI is InChI=1S/C61H116O8.C5H12O4/c1-5-9-13-17-21-25-29-33-37-41-45-49-57(62)66-53-61(54-67-58(63)50-46-42-38-34-30-26-22-18-14-10-6-2,55-68-59(64)51-47-43-39-35-31-27-23-19-15-11-7-3)56-69-60(65)52-48-44-40-36-32-28-24-20-16-12-8-4;6-1-5(2-7,3-8)4-9/h5-56H2,1-4H3;6-9H,1-4H2. The lowest BCUT2D eigenvalue weighted by Gasteiger charge is -2.31. The van der Waals surface area contributed by atoms with Crippen LogP contribution in [0.1, 0.15) is 336 Å². The van der Waals surface area contributed by atoms with Crippen LogP contribution in [0, 0.1) is 10.8 Å². The van der Waals surface area contributed by atoms with Crippen LogP contribution in [-0.2, 0) is 38.1 Å². The van der Waals surface area contributed by atoms with Crippen molar-refractivity contribution in [3.63, 3.8) is 0 Å². The first kappa shape index (κ1) is 77.8. The van der Waals surface area contributed by atoms with Gasteiger partial charge in [0.2, 0.25) is 0 Å². The van der Waals surface area contributed by atoms with Crippen LogP contribution in [0.4, 0.5) is 0 Å². The van der Waals surface area contributed by atoms with Gasteiger partial charge in [-0.25, -0.2) is 0 Å². The second kappa shape index (κ2) is 60.8. The molecule has 0 saturated heterocycles. The molecule has 78 heavy (non-hydrogen) atoms. The number of carbonyl (C=O) groups is 4. The van der Waals surface area contributed by atoms with Crippen molar-refractivity contribution in [2.24, 2.45) is 10.8 Å². The van der Waals surface area contributed by atoms with Gasteiger partial charge in [0.1, 0.15) is 31.8 Å². The molecule has 0 rings (SSSR count). The number of rotatable bonds is 60. The Labute approximate surface area is 480 Å². The van der Waals surface area contributed by atoms with Gasteiger partial charge in [0.05, 0.1) is 31.8 Å². The fraction of sp³-hybridized carbons (Fsp3) is 0.939. The van der Waals surface area contributed by atoms with Gasteiger partial charge in [-0.1, -0.05) is 285 Å². The number of aliphatic hydroxyl groups is 4. The smallest absolute Gasteiger partial charge is 0.305 e. The van der Waals surface area contributed by atoms with Crippen LogP contribution in [-0.4, -0.2) is 97.2 Å². The first-order valence-electron chi connectivity index (χ1n) is 33.1. The Morgan fingerprint density at radius 1 is 0.231 bits per heavy atom. The van der Waals surface area contributed by atoms with Gasteiger partial charge < -0.3 is 39.4 Å². The van der Waals surface area contributed by atoms with Crippen molar-refractivity contribution in [2.75, 3.05) is 52.9 Å². The summed E-state index contributed by atoms with van der Waals surface area (Å²) in [4.78, 5) is 52.8. The van der Waals surface area contributed by atoms with E-state index in [1.807, 2.05) is 0 Å². The third-order valence-electron chi connectivity index (χ3n) is 15.4. The molecule has 0 saturated carbocycles. The lowest BCUT2D eigenvalue weighted by atomic mass is 9.92. The molecule has 0 aromatic rings. The van der Waals surface area contributed by atoms with E-state index in [1.54, 1.807) is 0 Å². The van der Waals surface area contributed by atoms with Crippen LogP contribution >= 0.6 is 0 Å². The Hall–Kier alpha value is -2.28. The molecule has 0 spiro atoms. The van der Waals surface area contributed by atoms with Crippen molar-refractivity contribution in [3.05, 3.63) is 0 Å². The lowest BCUT2D eigenvalue weighted by molar-refractivity contribution is -0.170. The Morgan fingerprint density at radius 3 is 0.500 bits per heavy atom. The number of hydrogen-bond donors (Lipinski definition) is 4. The molecule has 0 unspecified atom stereocenters. The molecule has 0 fully saturated rings. The zero-order chi connectivity index (χ0) is 57.7. The number of ether oxygens (including phenoxy) is 4. The number of hydrogen-bond acceptors (Lipinski definition) is 12. The Morgan fingerprint density at radius 2 is 0.372 bits per heavy atom. The van der Waals surface area contributed by atoms with Gasteiger partial charge in [0, 0.05) is 25.7 Å². The second-order valence-corrected chi connectivity index (χ2v) is 23.4. The topological polar surface area (TPSA) is 186 Å². The van der Waals surface area contributed by atoms with E-state index >= 15 is 0 Å². The van der Waals surface area contributed by atoms with Crippen molar-refractivity contribution in [1.29, 1.82) is 0 Å². The van der Waals surface area contributed by atoms with Crippen LogP contribution in [0.25, 0.3) is 0 Å². The quantitative estimate of drug-likeness (QED) is 0.0257. The summed E-state index contributed by atoms with van der Waals surface area (Å²) in [6, 6.07) is 0. The Balaban J connectivity index is 0. The van der Waals surface area contributed by atoms with Crippen molar-refractivity contribution >= 4 is 23.9 Å². The Kier molecular flexibility index (Phi) is 60.6. The largest absolute Gasteiger partial charge is 0.465 e. The van der Waals surface area contributed by atoms with Gasteiger partial charge in [0.25, 0.3) is 0 Å². The molecule has 0 aromatic heterocycles. The number of esters is 4. The van der Waals surface area contributed by atoms with Crippen molar-refractivity contribution in [2.45, 2.75) is 336 Å². The third-order valence-corrected chi connectivity index (χ3v) is 15.4. The van der Waals surface area contributed by atoms with E-state index in [-0.39, 0.29) is 50.3 Å². The van der Waals surface area contributed by atoms with Gasteiger partial charge in [-0.2, -0.15) is 0 Å². The second-order valence-electron chi connectivity index (χ2n) is 23.4. The molecule has 4 N–H and O–H groups in total. The van der Waals surface area contributed by atoms with E-state index in [9.17, 15) is 19.2 Å². The minimum absolute atomic E-state index is 0.160. The minimum atomic E-state index is -1.20. The van der Waals surface area contributed by atoms with Gasteiger partial charge in [0.15, 0.2) is 0 Å². The summed E-state index contributed by atoms with van der Waals surface area (Å²) in [6.45, 7) is 6.74. The number of carbonyl (C=O) groups excluding carboxylic acids is 4. The summed E-state index contributed by atoms with van der Waals surface area (Å²) < 4.78 is 23.6. The van der Waals surface area contributed by atoms with Gasteiger partial charge >= 0.3 is 23.9 Å². The molecule has 12 nitrogen and oxygen atoms in total. The molecule has 0 amide bonds.